The topological polar surface area (TPSA) is 125 Å². The fourth-order valence-corrected chi connectivity index (χ4v) is 5.58. The standard InChI is InChI=1S/C38H45N3O8/c1-38(2,3)48-37(44)41-21-18-27(19-22-41)20-23-45-31-16-14-30(15-17-31)32-24-33(49-40-32)34(35(42)46-25-28-10-6-4-7-11-28)39-36(43)47-26-29-12-8-5-9-13-29/h4-17,27,33-34H,18-26H2,1-3H3,(H,39,43). The van der Waals surface area contributed by atoms with Gasteiger partial charge in [0.2, 0.25) is 0 Å². The molecular weight excluding hydrogens is 626 g/mol. The molecule has 2 aliphatic rings. The number of nitrogens with one attached hydrogen (secondary N) is 1. The van der Waals surface area contributed by atoms with Crippen molar-refractivity contribution in [3.63, 3.8) is 0 Å². The van der Waals surface area contributed by atoms with Crippen molar-refractivity contribution in [3.05, 3.63) is 102 Å². The first kappa shape index (κ1) is 35.3. The van der Waals surface area contributed by atoms with Crippen LogP contribution in [0.1, 0.15) is 63.1 Å². The molecule has 1 N–H and O–H groups in total. The Morgan fingerprint density at radius 1 is 0.878 bits per heavy atom. The average Bonchev–Trinajstić information content (AvgIpc) is 3.59. The summed E-state index contributed by atoms with van der Waals surface area (Å²) in [7, 11) is 0. The van der Waals surface area contributed by atoms with Gasteiger partial charge in [-0.2, -0.15) is 0 Å². The van der Waals surface area contributed by atoms with E-state index in [9.17, 15) is 14.4 Å². The highest BCUT2D eigenvalue weighted by molar-refractivity contribution is 6.02. The Hall–Kier alpha value is -5.06. The van der Waals surface area contributed by atoms with Crippen LogP contribution in [0, 0.1) is 5.92 Å². The molecule has 0 aliphatic carbocycles. The number of carbonyl (C=O) groups is 3. The van der Waals surface area contributed by atoms with Gasteiger partial charge in [0.1, 0.15) is 24.6 Å². The molecule has 260 valence electrons. The maximum atomic E-state index is 13.2. The number of benzene rings is 3. The summed E-state index contributed by atoms with van der Waals surface area (Å²) in [5.74, 6) is 0.564. The average molecular weight is 672 g/mol. The first-order valence-electron chi connectivity index (χ1n) is 16.7. The van der Waals surface area contributed by atoms with E-state index in [1.807, 2.05) is 106 Å². The highest BCUT2D eigenvalue weighted by atomic mass is 16.6. The van der Waals surface area contributed by atoms with Crippen LogP contribution in [0.2, 0.25) is 0 Å². The number of esters is 1. The Kier molecular flexibility index (Phi) is 12.1. The van der Waals surface area contributed by atoms with Gasteiger partial charge in [-0.25, -0.2) is 14.4 Å². The third-order valence-electron chi connectivity index (χ3n) is 8.28. The predicted molar refractivity (Wildman–Crippen MR) is 183 cm³/mol. The normalized spacial score (nSPS) is 16.9. The van der Waals surface area contributed by atoms with Crippen LogP contribution in [0.5, 0.6) is 5.75 Å². The predicted octanol–water partition coefficient (Wildman–Crippen LogP) is 6.63. The van der Waals surface area contributed by atoms with Crippen molar-refractivity contribution in [2.24, 2.45) is 11.1 Å². The molecule has 0 aromatic heterocycles. The van der Waals surface area contributed by atoms with Crippen LogP contribution >= 0.6 is 0 Å². The molecule has 3 aromatic rings. The van der Waals surface area contributed by atoms with E-state index in [1.54, 1.807) is 4.90 Å². The van der Waals surface area contributed by atoms with Crippen LogP contribution in [0.15, 0.2) is 90.1 Å². The lowest BCUT2D eigenvalue weighted by molar-refractivity contribution is -0.151. The van der Waals surface area contributed by atoms with Crippen molar-refractivity contribution >= 4 is 23.9 Å². The number of rotatable bonds is 12. The summed E-state index contributed by atoms with van der Waals surface area (Å²) in [5.41, 5.74) is 2.58. The van der Waals surface area contributed by atoms with Gasteiger partial charge in [-0.3, -0.25) is 0 Å². The quantitative estimate of drug-likeness (QED) is 0.168. The van der Waals surface area contributed by atoms with Crippen LogP contribution in [-0.2, 0) is 37.1 Å². The molecule has 11 nitrogen and oxygen atoms in total. The number of piperidine rings is 1. The van der Waals surface area contributed by atoms with Crippen LogP contribution in [-0.4, -0.2) is 66.2 Å². The second-order valence-corrected chi connectivity index (χ2v) is 13.2. The van der Waals surface area contributed by atoms with E-state index < -0.39 is 29.8 Å². The molecule has 2 aliphatic heterocycles. The summed E-state index contributed by atoms with van der Waals surface area (Å²) >= 11 is 0. The first-order chi connectivity index (χ1) is 23.6. The van der Waals surface area contributed by atoms with Crippen molar-refractivity contribution in [1.82, 2.24) is 10.2 Å². The van der Waals surface area contributed by atoms with E-state index in [4.69, 9.17) is 23.8 Å². The molecule has 1 saturated heterocycles. The SMILES string of the molecule is CC(C)(C)OC(=O)N1CCC(CCOc2ccc(C3=NOC(C(NC(=O)OCc4ccccc4)C(=O)OCc4ccccc4)C3)cc2)CC1. The lowest BCUT2D eigenvalue weighted by Crippen LogP contribution is -2.49. The van der Waals surface area contributed by atoms with Gasteiger partial charge < -0.3 is 34.0 Å². The number of ether oxygens (including phenoxy) is 4. The highest BCUT2D eigenvalue weighted by Crippen LogP contribution is 2.25. The number of hydrogen-bond donors (Lipinski definition) is 1. The zero-order valence-electron chi connectivity index (χ0n) is 28.3. The minimum Gasteiger partial charge on any atom is -0.494 e. The van der Waals surface area contributed by atoms with Crippen LogP contribution in [0.4, 0.5) is 9.59 Å². The Bertz CT molecular complexity index is 1550. The molecule has 0 spiro atoms. The highest BCUT2D eigenvalue weighted by Gasteiger charge is 2.38. The molecular formula is C38H45N3O8. The first-order valence-corrected chi connectivity index (χ1v) is 16.7. The zero-order valence-corrected chi connectivity index (χ0v) is 28.3. The molecule has 11 heteroatoms. The molecule has 2 amide bonds. The largest absolute Gasteiger partial charge is 0.494 e. The van der Waals surface area contributed by atoms with E-state index >= 15 is 0 Å². The van der Waals surface area contributed by atoms with Gasteiger partial charge in [0.15, 0.2) is 12.1 Å². The number of oxime groups is 1. The maximum absolute atomic E-state index is 13.2. The van der Waals surface area contributed by atoms with E-state index in [2.05, 4.69) is 10.5 Å². The molecule has 0 radical (unpaired) electrons. The number of alkyl carbamates (subject to hydrolysis) is 1. The van der Waals surface area contributed by atoms with E-state index in [0.717, 1.165) is 41.7 Å². The molecule has 49 heavy (non-hydrogen) atoms. The van der Waals surface area contributed by atoms with Gasteiger partial charge in [0, 0.05) is 19.5 Å². The lowest BCUT2D eigenvalue weighted by Gasteiger charge is -2.33. The fourth-order valence-electron chi connectivity index (χ4n) is 5.58. The Labute approximate surface area is 287 Å². The summed E-state index contributed by atoms with van der Waals surface area (Å²) in [6.07, 6.45) is 1.20. The summed E-state index contributed by atoms with van der Waals surface area (Å²) < 4.78 is 22.4. The smallest absolute Gasteiger partial charge is 0.410 e. The van der Waals surface area contributed by atoms with Crippen LogP contribution in [0.3, 0.4) is 0 Å². The van der Waals surface area contributed by atoms with Gasteiger partial charge >= 0.3 is 18.2 Å². The van der Waals surface area contributed by atoms with E-state index in [0.29, 0.717) is 31.3 Å². The molecule has 3 aromatic carbocycles. The van der Waals surface area contributed by atoms with Crippen molar-refractivity contribution in [2.75, 3.05) is 19.7 Å². The number of hydrogen-bond acceptors (Lipinski definition) is 9. The van der Waals surface area contributed by atoms with Gasteiger partial charge in [0.25, 0.3) is 0 Å². The van der Waals surface area contributed by atoms with Crippen molar-refractivity contribution in [1.29, 1.82) is 0 Å². The van der Waals surface area contributed by atoms with Crippen molar-refractivity contribution < 1.29 is 38.2 Å². The molecule has 0 saturated carbocycles. The number of amides is 2. The van der Waals surface area contributed by atoms with Crippen molar-refractivity contribution in [2.45, 2.75) is 77.4 Å². The van der Waals surface area contributed by atoms with E-state index in [-0.39, 0.29) is 25.7 Å². The molecule has 2 heterocycles. The monoisotopic (exact) mass is 671 g/mol. The third-order valence-corrected chi connectivity index (χ3v) is 8.28. The molecule has 5 rings (SSSR count). The number of carbonyl (C=O) groups excluding carboxylic acids is 3. The maximum Gasteiger partial charge on any atom is 0.410 e. The summed E-state index contributed by atoms with van der Waals surface area (Å²) in [6, 6.07) is 24.9. The molecule has 2 unspecified atom stereocenters. The van der Waals surface area contributed by atoms with Crippen LogP contribution < -0.4 is 10.1 Å². The Morgan fingerprint density at radius 2 is 1.49 bits per heavy atom. The zero-order chi connectivity index (χ0) is 34.6. The Balaban J connectivity index is 1.10. The van der Waals surface area contributed by atoms with Crippen molar-refractivity contribution in [3.8, 4) is 5.75 Å². The van der Waals surface area contributed by atoms with Gasteiger partial charge in [0.05, 0.1) is 12.3 Å². The van der Waals surface area contributed by atoms with E-state index in [1.165, 1.54) is 0 Å². The van der Waals surface area contributed by atoms with Gasteiger partial charge in [-0.05, 0) is 86.9 Å². The van der Waals surface area contributed by atoms with Gasteiger partial charge in [-0.15, -0.1) is 0 Å². The van der Waals surface area contributed by atoms with Crippen LogP contribution in [0.25, 0.3) is 0 Å². The lowest BCUT2D eigenvalue weighted by atomic mass is 9.94. The number of nitrogens with zero attached hydrogens (tertiary/aromatic N) is 2. The minimum absolute atomic E-state index is 0.0457. The minimum atomic E-state index is -1.15. The Morgan fingerprint density at radius 3 is 2.10 bits per heavy atom. The summed E-state index contributed by atoms with van der Waals surface area (Å²) in [6.45, 7) is 7.68. The molecule has 0 bridgehead atoms. The molecule has 1 fully saturated rings. The fraction of sp³-hybridized carbons (Fsp3) is 0.421. The third kappa shape index (κ3) is 11.0. The number of likely N-dealkylation sites (tertiary alicyclic amines) is 1. The summed E-state index contributed by atoms with van der Waals surface area (Å²) in [5, 5.41) is 6.87. The van der Waals surface area contributed by atoms with Gasteiger partial charge in [-0.1, -0.05) is 65.8 Å². The second-order valence-electron chi connectivity index (χ2n) is 13.2. The molecule has 2 atom stereocenters. The second kappa shape index (κ2) is 16.9. The summed E-state index contributed by atoms with van der Waals surface area (Å²) in [4.78, 5) is 45.8.